The van der Waals surface area contributed by atoms with Crippen molar-refractivity contribution in [3.8, 4) is 0 Å². The molecule has 0 aromatic rings. The fourth-order valence-corrected chi connectivity index (χ4v) is 4.86. The molecule has 6 heteroatoms. The van der Waals surface area contributed by atoms with E-state index in [1.807, 2.05) is 27.7 Å². The van der Waals surface area contributed by atoms with Crippen LogP contribution in [0.25, 0.3) is 0 Å². The Bertz CT molecular complexity index is 1010. The fraction of sp³-hybridized carbons (Fsp3) is 0.440. The van der Waals surface area contributed by atoms with Gasteiger partial charge in [0.1, 0.15) is 23.7 Å². The largest absolute Gasteiger partial charge is 0.507 e. The molecule has 31 heavy (non-hydrogen) atoms. The summed E-state index contributed by atoms with van der Waals surface area (Å²) >= 11 is 0. The average Bonchev–Trinajstić information content (AvgIpc) is 2.73. The molecule has 164 valence electrons. The maximum atomic E-state index is 13.2. The van der Waals surface area contributed by atoms with Gasteiger partial charge in [0.25, 0.3) is 0 Å². The number of allylic oxidation sites excluding steroid dienone is 6. The number of carbonyl (C=O) groups excluding carboxylic acids is 2. The minimum absolute atomic E-state index is 0.0580. The number of ketones is 2. The molecule has 0 saturated carbocycles. The minimum Gasteiger partial charge on any atom is -0.507 e. The van der Waals surface area contributed by atoms with E-state index in [0.717, 1.165) is 11.1 Å². The van der Waals surface area contributed by atoms with Crippen molar-refractivity contribution in [1.29, 1.82) is 0 Å². The number of carbonyl (C=O) groups is 2. The van der Waals surface area contributed by atoms with Gasteiger partial charge in [-0.25, -0.2) is 0 Å². The molecule has 0 saturated heterocycles. The Morgan fingerprint density at radius 1 is 0.742 bits per heavy atom. The molecule has 4 atom stereocenters. The van der Waals surface area contributed by atoms with Crippen LogP contribution in [0.2, 0.25) is 0 Å². The van der Waals surface area contributed by atoms with E-state index in [-0.39, 0.29) is 64.7 Å². The molecule has 2 N–H and O–H groups in total. The zero-order chi connectivity index (χ0) is 22.8. The second-order valence-corrected chi connectivity index (χ2v) is 8.89. The Morgan fingerprint density at radius 3 is 1.45 bits per heavy atom. The van der Waals surface area contributed by atoms with Gasteiger partial charge in [-0.3, -0.25) is 9.59 Å². The number of Topliss-reactive ketones (excluding diaryl/α,β-unsaturated/α-hetero) is 2. The first-order valence-electron chi connectivity index (χ1n) is 10.6. The van der Waals surface area contributed by atoms with Gasteiger partial charge in [0.15, 0.2) is 11.6 Å². The Balaban J connectivity index is 1.81. The molecule has 0 aromatic carbocycles. The third kappa shape index (κ3) is 2.99. The van der Waals surface area contributed by atoms with Crippen LogP contribution in [0.4, 0.5) is 0 Å². The lowest BCUT2D eigenvalue weighted by molar-refractivity contribution is -0.113. The lowest BCUT2D eigenvalue weighted by Crippen LogP contribution is -2.32. The molecule has 2 heterocycles. The molecule has 6 nitrogen and oxygen atoms in total. The van der Waals surface area contributed by atoms with Crippen LogP contribution in [0.15, 0.2) is 68.6 Å². The standard InChI is InChI=1S/C25H28O6/c1-10-14(5)30-8-18-20(10)12(3)22(26)16(24(18)28)7-17-23(27)13(4)21-11(2)15(6)31-9-19(21)25(17)29/h8-11,14-15,26-27H,7H2,1-6H3. The molecule has 0 bridgehead atoms. The van der Waals surface area contributed by atoms with Crippen LogP contribution in [-0.2, 0) is 19.1 Å². The summed E-state index contributed by atoms with van der Waals surface area (Å²) in [5.41, 5.74) is 3.70. The first kappa shape index (κ1) is 21.2. The van der Waals surface area contributed by atoms with Gasteiger partial charge in [-0.2, -0.15) is 0 Å². The summed E-state index contributed by atoms with van der Waals surface area (Å²) in [7, 11) is 0. The first-order chi connectivity index (χ1) is 14.6. The summed E-state index contributed by atoms with van der Waals surface area (Å²) in [5.74, 6) is -1.14. The second kappa shape index (κ2) is 7.29. The highest BCUT2D eigenvalue weighted by atomic mass is 16.5. The van der Waals surface area contributed by atoms with E-state index in [1.165, 1.54) is 12.5 Å². The first-order valence-corrected chi connectivity index (χ1v) is 10.6. The fourth-order valence-electron chi connectivity index (χ4n) is 4.86. The van der Waals surface area contributed by atoms with E-state index in [2.05, 4.69) is 0 Å². The Hall–Kier alpha value is -3.02. The Kier molecular flexibility index (Phi) is 4.99. The van der Waals surface area contributed by atoms with Crippen LogP contribution < -0.4 is 0 Å². The smallest absolute Gasteiger partial charge is 0.196 e. The summed E-state index contributed by atoms with van der Waals surface area (Å²) in [6.45, 7) is 11.3. The maximum absolute atomic E-state index is 13.2. The number of aliphatic hydroxyl groups is 2. The molecule has 2 aliphatic carbocycles. The predicted octanol–water partition coefficient (Wildman–Crippen LogP) is 4.68. The second-order valence-electron chi connectivity index (χ2n) is 8.89. The van der Waals surface area contributed by atoms with E-state index < -0.39 is 0 Å². The molecule has 0 aromatic heterocycles. The lowest BCUT2D eigenvalue weighted by Gasteiger charge is -2.35. The Morgan fingerprint density at radius 2 is 1.10 bits per heavy atom. The van der Waals surface area contributed by atoms with Crippen molar-refractivity contribution in [2.75, 3.05) is 0 Å². The van der Waals surface area contributed by atoms with E-state index in [0.29, 0.717) is 22.3 Å². The van der Waals surface area contributed by atoms with Crippen molar-refractivity contribution in [2.24, 2.45) is 11.8 Å². The predicted molar refractivity (Wildman–Crippen MR) is 115 cm³/mol. The highest BCUT2D eigenvalue weighted by molar-refractivity contribution is 6.18. The van der Waals surface area contributed by atoms with Crippen molar-refractivity contribution in [3.05, 3.63) is 68.6 Å². The van der Waals surface area contributed by atoms with Crippen molar-refractivity contribution in [3.63, 3.8) is 0 Å². The van der Waals surface area contributed by atoms with Crippen molar-refractivity contribution in [1.82, 2.24) is 0 Å². The number of rotatable bonds is 2. The number of ether oxygens (including phenoxy) is 2. The summed E-state index contributed by atoms with van der Waals surface area (Å²) in [6, 6.07) is 0. The topological polar surface area (TPSA) is 93.1 Å². The van der Waals surface area contributed by atoms with Gasteiger partial charge < -0.3 is 19.7 Å². The van der Waals surface area contributed by atoms with Gasteiger partial charge in [0.05, 0.1) is 23.7 Å². The molecular formula is C25H28O6. The summed E-state index contributed by atoms with van der Waals surface area (Å²) in [5, 5.41) is 21.8. The van der Waals surface area contributed by atoms with Crippen LogP contribution in [0.3, 0.4) is 0 Å². The monoisotopic (exact) mass is 424 g/mol. The van der Waals surface area contributed by atoms with E-state index in [9.17, 15) is 19.8 Å². The van der Waals surface area contributed by atoms with E-state index in [1.54, 1.807) is 13.8 Å². The molecule has 0 fully saturated rings. The SMILES string of the molecule is CC1=C2C(=COC(C)C2C)C(=O)C(CC2=C(O)C(C)=C3C(=COC(C)C3C)C2=O)=C1O. The zero-order valence-electron chi connectivity index (χ0n) is 18.7. The number of fused-ring (bicyclic) bond motifs is 2. The van der Waals surface area contributed by atoms with Gasteiger partial charge in [-0.1, -0.05) is 13.8 Å². The molecular weight excluding hydrogens is 396 g/mol. The van der Waals surface area contributed by atoms with Crippen LogP contribution in [0, 0.1) is 11.8 Å². The highest BCUT2D eigenvalue weighted by Crippen LogP contribution is 2.44. The minimum atomic E-state index is -0.381. The number of hydrogen-bond donors (Lipinski definition) is 2. The normalized spacial score (nSPS) is 31.2. The maximum Gasteiger partial charge on any atom is 0.196 e. The average molecular weight is 424 g/mol. The van der Waals surface area contributed by atoms with Gasteiger partial charge in [0.2, 0.25) is 0 Å². The molecule has 0 amide bonds. The molecule has 0 spiro atoms. The highest BCUT2D eigenvalue weighted by Gasteiger charge is 2.41. The van der Waals surface area contributed by atoms with Gasteiger partial charge in [-0.15, -0.1) is 0 Å². The molecule has 2 aliphatic heterocycles. The van der Waals surface area contributed by atoms with Gasteiger partial charge >= 0.3 is 0 Å². The molecule has 4 rings (SSSR count). The van der Waals surface area contributed by atoms with Gasteiger partial charge in [0, 0.05) is 29.4 Å². The number of aliphatic hydroxyl groups excluding tert-OH is 2. The summed E-state index contributed by atoms with van der Waals surface area (Å²) < 4.78 is 11.2. The van der Waals surface area contributed by atoms with Gasteiger partial charge in [-0.05, 0) is 50.0 Å². The zero-order valence-corrected chi connectivity index (χ0v) is 18.7. The molecule has 4 aliphatic rings. The summed E-state index contributed by atoms with van der Waals surface area (Å²) in [4.78, 5) is 26.5. The number of hydrogen-bond acceptors (Lipinski definition) is 6. The van der Waals surface area contributed by atoms with Crippen LogP contribution in [0.1, 0.15) is 48.0 Å². The third-order valence-corrected chi connectivity index (χ3v) is 7.18. The van der Waals surface area contributed by atoms with Crippen molar-refractivity contribution >= 4 is 11.6 Å². The van der Waals surface area contributed by atoms with Crippen molar-refractivity contribution in [2.45, 2.75) is 60.2 Å². The third-order valence-electron chi connectivity index (χ3n) is 7.18. The Labute approximate surface area is 181 Å². The van der Waals surface area contributed by atoms with Crippen LogP contribution in [0.5, 0.6) is 0 Å². The van der Waals surface area contributed by atoms with E-state index in [4.69, 9.17) is 9.47 Å². The van der Waals surface area contributed by atoms with Crippen LogP contribution >= 0.6 is 0 Å². The quantitative estimate of drug-likeness (QED) is 0.669. The lowest BCUT2D eigenvalue weighted by atomic mass is 9.73. The van der Waals surface area contributed by atoms with E-state index >= 15 is 0 Å². The summed E-state index contributed by atoms with van der Waals surface area (Å²) in [6.07, 6.45) is 2.48. The van der Waals surface area contributed by atoms with Crippen molar-refractivity contribution < 1.29 is 29.3 Å². The van der Waals surface area contributed by atoms with Crippen LogP contribution in [-0.4, -0.2) is 34.0 Å². The molecule has 4 unspecified atom stereocenters. The molecule has 0 radical (unpaired) electrons.